The normalized spacial score (nSPS) is 12.1. The molecule has 0 radical (unpaired) electrons. The summed E-state index contributed by atoms with van der Waals surface area (Å²) < 4.78 is 1.10. The first-order valence-electron chi connectivity index (χ1n) is 17.1. The summed E-state index contributed by atoms with van der Waals surface area (Å²) in [6, 6.07) is 37.9. The largest absolute Gasteiger partial charge is 0.507 e. The molecule has 0 atom stereocenters. The van der Waals surface area contributed by atoms with E-state index >= 15 is 0 Å². The molecule has 256 valence electrons. The van der Waals surface area contributed by atoms with Gasteiger partial charge in [-0.1, -0.05) is 121 Å². The van der Waals surface area contributed by atoms with Crippen LogP contribution < -0.4 is 0 Å². The van der Waals surface area contributed by atoms with Gasteiger partial charge in [0, 0.05) is 37.5 Å². The van der Waals surface area contributed by atoms with Crippen LogP contribution in [0, 0.1) is 6.07 Å². The number of fused-ring (bicyclic) bond motifs is 2. The molecule has 3 nitrogen and oxygen atoms in total. The Kier molecular flexibility index (Phi) is 9.67. The number of hydrogen-bond donors (Lipinski definition) is 1. The van der Waals surface area contributed by atoms with Crippen LogP contribution in [0.3, 0.4) is 0 Å². The molecule has 0 saturated carbocycles. The van der Waals surface area contributed by atoms with Crippen molar-refractivity contribution in [2.75, 3.05) is 0 Å². The standard InChI is InChI=1S/C45H43N2OS.Pt/c1-27(2)31-22-35(42-40(25-31)49-43(47-42)37-26-33(44(3,4)5)17-18-39(37)48)30-16-12-15-29(21-30)34-23-32(28-13-10-9-11-14-28)24-36-38(45(6,7)8)19-20-46-41(34)36;/h9-20,22-27,48H,1-8H3;/q-1;. The zero-order valence-corrected chi connectivity index (χ0v) is 33.0. The summed E-state index contributed by atoms with van der Waals surface area (Å²) in [5.41, 5.74) is 12.7. The van der Waals surface area contributed by atoms with Gasteiger partial charge in [0.15, 0.2) is 0 Å². The molecule has 0 aliphatic rings. The molecule has 2 heterocycles. The van der Waals surface area contributed by atoms with Crippen LogP contribution in [0.15, 0.2) is 103 Å². The number of phenolic OH excluding ortho intramolecular Hbond substituents is 1. The van der Waals surface area contributed by atoms with E-state index in [1.54, 1.807) is 17.4 Å². The number of hydrogen-bond acceptors (Lipinski definition) is 4. The molecule has 1 N–H and O–H groups in total. The van der Waals surface area contributed by atoms with Crippen molar-refractivity contribution in [3.63, 3.8) is 0 Å². The summed E-state index contributed by atoms with van der Waals surface area (Å²) in [4.78, 5) is 10.2. The summed E-state index contributed by atoms with van der Waals surface area (Å²) >= 11 is 1.64. The van der Waals surface area contributed by atoms with Gasteiger partial charge in [0.2, 0.25) is 0 Å². The third-order valence-corrected chi connectivity index (χ3v) is 10.4. The number of aromatic nitrogens is 2. The topological polar surface area (TPSA) is 46.0 Å². The average molecular weight is 855 g/mol. The number of pyridine rings is 1. The van der Waals surface area contributed by atoms with E-state index < -0.39 is 0 Å². The van der Waals surface area contributed by atoms with Crippen molar-refractivity contribution in [2.24, 2.45) is 0 Å². The zero-order chi connectivity index (χ0) is 34.7. The molecule has 0 amide bonds. The second-order valence-corrected chi connectivity index (χ2v) is 16.5. The van der Waals surface area contributed by atoms with Crippen LogP contribution in [-0.2, 0) is 31.9 Å². The Labute approximate surface area is 314 Å². The van der Waals surface area contributed by atoms with E-state index in [-0.39, 0.29) is 37.6 Å². The fourth-order valence-electron chi connectivity index (χ4n) is 6.57. The summed E-state index contributed by atoms with van der Waals surface area (Å²) in [6.07, 6.45) is 1.94. The molecule has 2 aromatic heterocycles. The van der Waals surface area contributed by atoms with Crippen molar-refractivity contribution in [3.8, 4) is 49.7 Å². The first-order valence-corrected chi connectivity index (χ1v) is 17.9. The maximum absolute atomic E-state index is 11.0. The summed E-state index contributed by atoms with van der Waals surface area (Å²) in [5.74, 6) is 0.583. The van der Waals surface area contributed by atoms with Crippen LogP contribution in [0.5, 0.6) is 5.75 Å². The molecule has 0 unspecified atom stereocenters. The summed E-state index contributed by atoms with van der Waals surface area (Å²) in [7, 11) is 0. The van der Waals surface area contributed by atoms with Crippen molar-refractivity contribution < 1.29 is 26.2 Å². The number of aromatic hydroxyl groups is 1. The van der Waals surface area contributed by atoms with E-state index in [0.717, 1.165) is 65.1 Å². The van der Waals surface area contributed by atoms with E-state index in [1.165, 1.54) is 16.7 Å². The van der Waals surface area contributed by atoms with E-state index in [0.29, 0.717) is 5.92 Å². The number of benzene rings is 5. The van der Waals surface area contributed by atoms with Crippen LogP contribution in [-0.4, -0.2) is 15.1 Å². The molecule has 50 heavy (non-hydrogen) atoms. The molecule has 0 bridgehead atoms. The van der Waals surface area contributed by atoms with E-state index in [9.17, 15) is 5.11 Å². The first kappa shape index (κ1) is 35.7. The molecule has 5 heteroatoms. The fraction of sp³-hybridized carbons (Fsp3) is 0.244. The SMILES string of the molecule is CC(C)c1cc(-c2[c-]c(-c3cc(-c4ccccc4)cc4c(C(C)(C)C)ccnc34)ccc2)c2nc(-c3cc(C(C)(C)C)ccc3O)sc2c1.[Pt]. The minimum absolute atomic E-state index is 0. The van der Waals surface area contributed by atoms with Gasteiger partial charge in [-0.05, 0) is 74.7 Å². The van der Waals surface area contributed by atoms with Crippen molar-refractivity contribution in [1.82, 2.24) is 9.97 Å². The molecule has 0 aliphatic carbocycles. The number of nitrogens with zero attached hydrogens (tertiary/aromatic N) is 2. The third kappa shape index (κ3) is 6.81. The molecular weight excluding hydrogens is 812 g/mol. The van der Waals surface area contributed by atoms with Gasteiger partial charge < -0.3 is 5.11 Å². The number of rotatable bonds is 5. The number of thiazole rings is 1. The minimum Gasteiger partial charge on any atom is -0.507 e. The Morgan fingerprint density at radius 1 is 0.680 bits per heavy atom. The van der Waals surface area contributed by atoms with E-state index in [1.807, 2.05) is 12.3 Å². The zero-order valence-electron chi connectivity index (χ0n) is 30.0. The van der Waals surface area contributed by atoms with E-state index in [2.05, 4.69) is 146 Å². The van der Waals surface area contributed by atoms with Gasteiger partial charge in [0.25, 0.3) is 0 Å². The molecule has 5 aromatic carbocycles. The maximum atomic E-state index is 11.0. The molecular formula is C45H43N2OPtS-. The Morgan fingerprint density at radius 3 is 2.04 bits per heavy atom. The maximum Gasteiger partial charge on any atom is 0.127 e. The molecule has 0 aliphatic heterocycles. The second-order valence-electron chi connectivity index (χ2n) is 15.4. The fourth-order valence-corrected chi connectivity index (χ4v) is 7.64. The average Bonchev–Trinajstić information content (AvgIpc) is 3.51. The van der Waals surface area contributed by atoms with Crippen LogP contribution in [0.2, 0.25) is 0 Å². The Morgan fingerprint density at radius 2 is 1.38 bits per heavy atom. The molecule has 7 aromatic rings. The molecule has 7 rings (SSSR count). The molecule has 0 fully saturated rings. The van der Waals surface area contributed by atoms with Gasteiger partial charge in [0.1, 0.15) is 10.8 Å². The van der Waals surface area contributed by atoms with Gasteiger partial charge in [-0.2, -0.15) is 0 Å². The smallest absolute Gasteiger partial charge is 0.127 e. The molecule has 0 saturated heterocycles. The molecule has 0 spiro atoms. The van der Waals surface area contributed by atoms with Crippen molar-refractivity contribution in [3.05, 3.63) is 126 Å². The van der Waals surface area contributed by atoms with Crippen LogP contribution >= 0.6 is 11.3 Å². The van der Waals surface area contributed by atoms with Gasteiger partial charge in [0.05, 0.1) is 11.1 Å². The van der Waals surface area contributed by atoms with E-state index in [4.69, 9.17) is 9.97 Å². The van der Waals surface area contributed by atoms with Gasteiger partial charge >= 0.3 is 0 Å². The van der Waals surface area contributed by atoms with Crippen LogP contribution in [0.4, 0.5) is 0 Å². The predicted molar refractivity (Wildman–Crippen MR) is 209 cm³/mol. The quantitative estimate of drug-likeness (QED) is 0.175. The van der Waals surface area contributed by atoms with Crippen molar-refractivity contribution in [1.29, 1.82) is 0 Å². The Hall–Kier alpha value is -4.11. The Bertz CT molecular complexity index is 2340. The van der Waals surface area contributed by atoms with Crippen LogP contribution in [0.1, 0.15) is 78.0 Å². The predicted octanol–water partition coefficient (Wildman–Crippen LogP) is 12.7. The second kappa shape index (κ2) is 13.5. The van der Waals surface area contributed by atoms with Crippen molar-refractivity contribution in [2.45, 2.75) is 72.1 Å². The summed E-state index contributed by atoms with van der Waals surface area (Å²) in [6.45, 7) is 17.8. The minimum atomic E-state index is -0.0502. The first-order chi connectivity index (χ1) is 23.3. The van der Waals surface area contributed by atoms with Gasteiger partial charge in [-0.25, -0.2) is 4.98 Å². The Balaban J connectivity index is 0.00000432. The number of phenols is 1. The van der Waals surface area contributed by atoms with Crippen molar-refractivity contribution >= 4 is 32.5 Å². The van der Waals surface area contributed by atoms with Crippen LogP contribution in [0.25, 0.3) is 65.1 Å². The monoisotopic (exact) mass is 854 g/mol. The third-order valence-electron chi connectivity index (χ3n) is 9.41. The van der Waals surface area contributed by atoms with Gasteiger partial charge in [-0.3, -0.25) is 4.98 Å². The summed E-state index contributed by atoms with van der Waals surface area (Å²) in [5, 5.41) is 13.0. The van der Waals surface area contributed by atoms with Gasteiger partial charge in [-0.15, -0.1) is 46.7 Å².